The molecule has 0 spiro atoms. The van der Waals surface area contributed by atoms with Crippen LogP contribution in [0.1, 0.15) is 41.4 Å². The van der Waals surface area contributed by atoms with Crippen molar-refractivity contribution in [2.45, 2.75) is 36.5 Å². The summed E-state index contributed by atoms with van der Waals surface area (Å²) in [5.41, 5.74) is 10.6. The first-order valence-electron chi connectivity index (χ1n) is 11.7. The summed E-state index contributed by atoms with van der Waals surface area (Å²) >= 11 is 1.52. The standard InChI is InChI=1S/C27H33N3O4S2/c1-18(2)35-26-16-22(10-13-24(26)27(32)30-36(3,33)34)20-6-4-19(5-7-20)14-15-29-17-25(31)21-8-11-23(28)12-9-21/h4-13,16,18,25,29,31H,14-15,17,28H2,1-3H3,(H,30,32)/t25-/m1/s1. The van der Waals surface area contributed by atoms with Crippen LogP contribution in [-0.4, -0.2) is 44.0 Å². The van der Waals surface area contributed by atoms with E-state index in [0.717, 1.165) is 46.4 Å². The molecule has 192 valence electrons. The average molecular weight is 528 g/mol. The Labute approximate surface area is 217 Å². The summed E-state index contributed by atoms with van der Waals surface area (Å²) in [5.74, 6) is -0.628. The van der Waals surface area contributed by atoms with Crippen LogP contribution in [0.4, 0.5) is 5.69 Å². The highest BCUT2D eigenvalue weighted by atomic mass is 32.2. The molecule has 0 saturated carbocycles. The number of nitrogens with two attached hydrogens (primary N) is 1. The highest BCUT2D eigenvalue weighted by molar-refractivity contribution is 8.00. The van der Waals surface area contributed by atoms with Gasteiger partial charge < -0.3 is 16.2 Å². The SMILES string of the molecule is CC(C)Sc1cc(-c2ccc(CCNC[C@@H](O)c3ccc(N)cc3)cc2)ccc1C(=O)NS(C)(=O)=O. The van der Waals surface area contributed by atoms with Crippen LogP contribution in [0.5, 0.6) is 0 Å². The van der Waals surface area contributed by atoms with Gasteiger partial charge in [0.1, 0.15) is 0 Å². The van der Waals surface area contributed by atoms with Gasteiger partial charge >= 0.3 is 0 Å². The van der Waals surface area contributed by atoms with Crippen molar-refractivity contribution in [3.8, 4) is 11.1 Å². The Balaban J connectivity index is 1.62. The van der Waals surface area contributed by atoms with E-state index in [1.165, 1.54) is 11.8 Å². The molecular formula is C27H33N3O4S2. The van der Waals surface area contributed by atoms with Gasteiger partial charge in [0.05, 0.1) is 17.9 Å². The fraction of sp³-hybridized carbons (Fsp3) is 0.296. The second-order valence-electron chi connectivity index (χ2n) is 8.91. The van der Waals surface area contributed by atoms with Crippen LogP contribution in [0.2, 0.25) is 0 Å². The minimum absolute atomic E-state index is 0.221. The molecule has 1 atom stereocenters. The summed E-state index contributed by atoms with van der Waals surface area (Å²) in [6, 6.07) is 20.8. The van der Waals surface area contributed by atoms with E-state index in [-0.39, 0.29) is 5.25 Å². The number of sulfonamides is 1. The van der Waals surface area contributed by atoms with Crippen LogP contribution in [0.15, 0.2) is 71.6 Å². The summed E-state index contributed by atoms with van der Waals surface area (Å²) in [7, 11) is -3.65. The number of hydrogen-bond donors (Lipinski definition) is 4. The van der Waals surface area contributed by atoms with Gasteiger partial charge in [0.25, 0.3) is 5.91 Å². The molecule has 0 bridgehead atoms. The highest BCUT2D eigenvalue weighted by Gasteiger charge is 2.17. The third kappa shape index (κ3) is 8.37. The third-order valence-corrected chi connectivity index (χ3v) is 7.02. The molecule has 3 aromatic rings. The monoisotopic (exact) mass is 527 g/mol. The van der Waals surface area contributed by atoms with E-state index in [1.54, 1.807) is 18.2 Å². The molecule has 0 saturated heterocycles. The van der Waals surface area contributed by atoms with E-state index < -0.39 is 22.0 Å². The van der Waals surface area contributed by atoms with Crippen LogP contribution in [-0.2, 0) is 16.4 Å². The maximum Gasteiger partial charge on any atom is 0.265 e. The molecule has 0 aliphatic heterocycles. The molecule has 9 heteroatoms. The molecule has 0 heterocycles. The molecule has 0 aliphatic carbocycles. The number of benzene rings is 3. The first-order valence-corrected chi connectivity index (χ1v) is 14.5. The number of carbonyl (C=O) groups excluding carboxylic acids is 1. The van der Waals surface area contributed by atoms with E-state index >= 15 is 0 Å². The Bertz CT molecular complexity index is 1280. The molecule has 3 aromatic carbocycles. The zero-order chi connectivity index (χ0) is 26.3. The molecule has 0 radical (unpaired) electrons. The van der Waals surface area contributed by atoms with Crippen LogP contribution >= 0.6 is 11.8 Å². The van der Waals surface area contributed by atoms with Crippen LogP contribution in [0.25, 0.3) is 11.1 Å². The number of amides is 1. The van der Waals surface area contributed by atoms with E-state index in [2.05, 4.69) is 22.2 Å². The number of anilines is 1. The topological polar surface area (TPSA) is 122 Å². The van der Waals surface area contributed by atoms with Crippen molar-refractivity contribution in [1.29, 1.82) is 0 Å². The molecule has 7 nitrogen and oxygen atoms in total. The van der Waals surface area contributed by atoms with Gasteiger partial charge in [-0.15, -0.1) is 11.8 Å². The number of aliphatic hydroxyl groups excluding tert-OH is 1. The van der Waals surface area contributed by atoms with Crippen molar-refractivity contribution in [1.82, 2.24) is 10.0 Å². The summed E-state index contributed by atoms with van der Waals surface area (Å²) in [4.78, 5) is 13.2. The van der Waals surface area contributed by atoms with Crippen LogP contribution in [0.3, 0.4) is 0 Å². The first-order chi connectivity index (χ1) is 17.0. The number of hydrogen-bond acceptors (Lipinski definition) is 7. The lowest BCUT2D eigenvalue weighted by Crippen LogP contribution is -2.29. The van der Waals surface area contributed by atoms with Crippen molar-refractivity contribution >= 4 is 33.4 Å². The predicted molar refractivity (Wildman–Crippen MR) is 148 cm³/mol. The van der Waals surface area contributed by atoms with Gasteiger partial charge in [-0.25, -0.2) is 13.1 Å². The Kier molecular flexibility index (Phi) is 9.56. The van der Waals surface area contributed by atoms with Crippen molar-refractivity contribution in [3.63, 3.8) is 0 Å². The minimum atomic E-state index is -3.65. The summed E-state index contributed by atoms with van der Waals surface area (Å²) in [6.45, 7) is 5.22. The quantitative estimate of drug-likeness (QED) is 0.169. The zero-order valence-electron chi connectivity index (χ0n) is 20.7. The normalized spacial score (nSPS) is 12.5. The molecule has 0 aliphatic rings. The van der Waals surface area contributed by atoms with Crippen molar-refractivity contribution in [2.75, 3.05) is 25.1 Å². The van der Waals surface area contributed by atoms with E-state index in [9.17, 15) is 18.3 Å². The lowest BCUT2D eigenvalue weighted by atomic mass is 10.0. The fourth-order valence-electron chi connectivity index (χ4n) is 3.64. The molecule has 0 unspecified atom stereocenters. The van der Waals surface area contributed by atoms with Crippen molar-refractivity contribution in [2.24, 2.45) is 0 Å². The number of carbonyl (C=O) groups is 1. The van der Waals surface area contributed by atoms with Gasteiger partial charge in [-0.2, -0.15) is 0 Å². The zero-order valence-corrected chi connectivity index (χ0v) is 22.3. The molecule has 3 rings (SSSR count). The molecule has 0 aromatic heterocycles. The van der Waals surface area contributed by atoms with Gasteiger partial charge in [0.15, 0.2) is 0 Å². The number of nitrogens with one attached hydrogen (secondary N) is 2. The summed E-state index contributed by atoms with van der Waals surface area (Å²) in [6.07, 6.45) is 1.19. The Morgan fingerprint density at radius 2 is 1.64 bits per heavy atom. The Hall–Kier alpha value is -2.85. The smallest absolute Gasteiger partial charge is 0.265 e. The first kappa shape index (κ1) is 27.7. The largest absolute Gasteiger partial charge is 0.399 e. The molecule has 5 N–H and O–H groups in total. The maximum atomic E-state index is 12.5. The van der Waals surface area contributed by atoms with Gasteiger partial charge in [0.2, 0.25) is 10.0 Å². The van der Waals surface area contributed by atoms with Gasteiger partial charge in [-0.05, 0) is 59.5 Å². The number of rotatable bonds is 11. The predicted octanol–water partition coefficient (Wildman–Crippen LogP) is 3.99. The average Bonchev–Trinajstić information content (AvgIpc) is 2.81. The van der Waals surface area contributed by atoms with Crippen molar-refractivity contribution in [3.05, 3.63) is 83.4 Å². The molecule has 0 fully saturated rings. The van der Waals surface area contributed by atoms with E-state index in [1.807, 2.05) is 50.2 Å². The van der Waals surface area contributed by atoms with Crippen LogP contribution in [0, 0.1) is 0 Å². The Morgan fingerprint density at radius 3 is 2.25 bits per heavy atom. The van der Waals surface area contributed by atoms with Gasteiger partial charge in [-0.1, -0.05) is 56.3 Å². The van der Waals surface area contributed by atoms with Crippen molar-refractivity contribution < 1.29 is 18.3 Å². The number of aliphatic hydroxyl groups is 1. The van der Waals surface area contributed by atoms with Crippen LogP contribution < -0.4 is 15.8 Å². The second kappa shape index (κ2) is 12.4. The van der Waals surface area contributed by atoms with E-state index in [4.69, 9.17) is 5.73 Å². The molecular weight excluding hydrogens is 494 g/mol. The lowest BCUT2D eigenvalue weighted by molar-refractivity contribution is 0.0979. The number of thioether (sulfide) groups is 1. The lowest BCUT2D eigenvalue weighted by Gasteiger charge is -2.14. The minimum Gasteiger partial charge on any atom is -0.399 e. The van der Waals surface area contributed by atoms with Gasteiger partial charge in [0, 0.05) is 22.4 Å². The summed E-state index contributed by atoms with van der Waals surface area (Å²) < 4.78 is 25.1. The highest BCUT2D eigenvalue weighted by Crippen LogP contribution is 2.32. The summed E-state index contributed by atoms with van der Waals surface area (Å²) in [5, 5.41) is 13.8. The van der Waals surface area contributed by atoms with Gasteiger partial charge in [-0.3, -0.25) is 4.79 Å². The Morgan fingerprint density at radius 1 is 1.00 bits per heavy atom. The molecule has 36 heavy (non-hydrogen) atoms. The second-order valence-corrected chi connectivity index (χ2v) is 12.3. The molecule has 1 amide bonds. The maximum absolute atomic E-state index is 12.5. The third-order valence-electron chi connectivity index (χ3n) is 5.40. The number of nitrogen functional groups attached to an aromatic ring is 1. The fourth-order valence-corrected chi connectivity index (χ4v) is 5.07. The van der Waals surface area contributed by atoms with E-state index in [0.29, 0.717) is 17.8 Å².